The third kappa shape index (κ3) is 2.47. The lowest BCUT2D eigenvalue weighted by atomic mass is 10.2. The molecule has 1 aliphatic heterocycles. The predicted molar refractivity (Wildman–Crippen MR) is 65.6 cm³/mol. The number of alkyl halides is 1. The lowest BCUT2D eigenvalue weighted by molar-refractivity contribution is 0.192. The minimum absolute atomic E-state index is 0.0599. The van der Waals surface area contributed by atoms with Crippen LogP contribution in [0.2, 0.25) is 0 Å². The first-order valence-corrected chi connectivity index (χ1v) is 7.18. The van der Waals surface area contributed by atoms with Gasteiger partial charge in [0.25, 0.3) is 0 Å². The number of sulfonamides is 1. The molecular formula is C11H14ClNO3S. The average Bonchev–Trinajstić information content (AvgIpc) is 2.60. The van der Waals surface area contributed by atoms with E-state index in [4.69, 9.17) is 11.6 Å². The number of β-amino-alcohol motifs (C(OH)–C–C–N with tert-alkyl or cyclic N) is 1. The minimum Gasteiger partial charge on any atom is -0.390 e. The summed E-state index contributed by atoms with van der Waals surface area (Å²) >= 11 is 5.82. The summed E-state index contributed by atoms with van der Waals surface area (Å²) in [6.45, 7) is 2.11. The Morgan fingerprint density at radius 3 is 2.35 bits per heavy atom. The Morgan fingerprint density at radius 2 is 1.88 bits per heavy atom. The Bertz CT molecular complexity index is 490. The van der Waals surface area contributed by atoms with E-state index in [0.29, 0.717) is 0 Å². The van der Waals surface area contributed by atoms with Crippen molar-refractivity contribution in [3.8, 4) is 0 Å². The summed E-state index contributed by atoms with van der Waals surface area (Å²) in [6, 6.07) is 6.63. The Kier molecular flexibility index (Phi) is 3.45. The topological polar surface area (TPSA) is 57.6 Å². The molecule has 0 saturated carbocycles. The standard InChI is InChI=1S/C11H14ClNO3S/c1-8-2-4-9(5-3-8)17(15,16)13-6-10(12)11(14)7-13/h2-5,10-11,14H,6-7H2,1H3/t10-,11-/m0/s1. The van der Waals surface area contributed by atoms with Crippen molar-refractivity contribution in [2.24, 2.45) is 0 Å². The van der Waals surface area contributed by atoms with Gasteiger partial charge in [-0.05, 0) is 19.1 Å². The Hall–Kier alpha value is -0.620. The maximum absolute atomic E-state index is 12.2. The number of aliphatic hydroxyl groups is 1. The van der Waals surface area contributed by atoms with E-state index < -0.39 is 21.5 Å². The summed E-state index contributed by atoms with van der Waals surface area (Å²) in [4.78, 5) is 0.237. The molecule has 1 heterocycles. The lowest BCUT2D eigenvalue weighted by Gasteiger charge is -2.15. The smallest absolute Gasteiger partial charge is 0.243 e. The molecule has 1 saturated heterocycles. The van der Waals surface area contributed by atoms with Gasteiger partial charge in [0.1, 0.15) is 0 Å². The molecule has 1 aliphatic rings. The highest BCUT2D eigenvalue weighted by Crippen LogP contribution is 2.23. The van der Waals surface area contributed by atoms with Gasteiger partial charge in [0.2, 0.25) is 10.0 Å². The van der Waals surface area contributed by atoms with Crippen LogP contribution in [0.5, 0.6) is 0 Å². The number of aliphatic hydroxyl groups excluding tert-OH is 1. The maximum atomic E-state index is 12.2. The molecule has 4 nitrogen and oxygen atoms in total. The van der Waals surface area contributed by atoms with Crippen molar-refractivity contribution in [3.63, 3.8) is 0 Å². The fourth-order valence-corrected chi connectivity index (χ4v) is 3.58. The second-order valence-electron chi connectivity index (χ2n) is 4.22. The molecule has 0 bridgehead atoms. The molecular weight excluding hydrogens is 262 g/mol. The van der Waals surface area contributed by atoms with Gasteiger partial charge in [-0.15, -0.1) is 11.6 Å². The number of benzene rings is 1. The average molecular weight is 276 g/mol. The molecule has 2 rings (SSSR count). The van der Waals surface area contributed by atoms with Gasteiger partial charge >= 0.3 is 0 Å². The van der Waals surface area contributed by atoms with Gasteiger partial charge in [-0.1, -0.05) is 17.7 Å². The van der Waals surface area contributed by atoms with E-state index in [9.17, 15) is 13.5 Å². The molecule has 0 unspecified atom stereocenters. The first-order valence-electron chi connectivity index (χ1n) is 5.30. The van der Waals surface area contributed by atoms with Crippen LogP contribution in [0, 0.1) is 6.92 Å². The first kappa shape index (κ1) is 12.8. The van der Waals surface area contributed by atoms with Crippen molar-refractivity contribution in [1.29, 1.82) is 0 Å². The predicted octanol–water partition coefficient (Wildman–Crippen LogP) is 0.968. The van der Waals surface area contributed by atoms with Crippen LogP contribution in [-0.2, 0) is 10.0 Å². The molecule has 0 amide bonds. The van der Waals surface area contributed by atoms with Crippen molar-refractivity contribution in [1.82, 2.24) is 4.31 Å². The van der Waals surface area contributed by atoms with Crippen molar-refractivity contribution in [2.45, 2.75) is 23.3 Å². The summed E-state index contributed by atoms with van der Waals surface area (Å²) in [7, 11) is -3.53. The largest absolute Gasteiger partial charge is 0.390 e. The molecule has 1 aromatic carbocycles. The number of aryl methyl sites for hydroxylation is 1. The quantitative estimate of drug-likeness (QED) is 0.818. The number of halogens is 1. The molecule has 1 fully saturated rings. The SMILES string of the molecule is Cc1ccc(S(=O)(=O)N2C[C@H](O)[C@@H](Cl)C2)cc1. The Labute approximate surface area is 106 Å². The van der Waals surface area contributed by atoms with E-state index in [1.54, 1.807) is 24.3 Å². The van der Waals surface area contributed by atoms with E-state index in [2.05, 4.69) is 0 Å². The van der Waals surface area contributed by atoms with E-state index in [1.165, 1.54) is 4.31 Å². The molecule has 6 heteroatoms. The molecule has 2 atom stereocenters. The summed E-state index contributed by atoms with van der Waals surface area (Å²) < 4.78 is 25.6. The summed E-state index contributed by atoms with van der Waals surface area (Å²) in [5.41, 5.74) is 1.00. The summed E-state index contributed by atoms with van der Waals surface area (Å²) in [6.07, 6.45) is -0.795. The van der Waals surface area contributed by atoms with Crippen LogP contribution in [0.15, 0.2) is 29.2 Å². The summed E-state index contributed by atoms with van der Waals surface area (Å²) in [5, 5.41) is 8.95. The molecule has 1 N–H and O–H groups in total. The third-order valence-electron chi connectivity index (χ3n) is 2.85. The van der Waals surface area contributed by atoms with E-state index in [-0.39, 0.29) is 18.0 Å². The van der Waals surface area contributed by atoms with Gasteiger partial charge < -0.3 is 5.11 Å². The molecule has 1 aromatic rings. The molecule has 0 radical (unpaired) electrons. The number of hydrogen-bond donors (Lipinski definition) is 1. The van der Waals surface area contributed by atoms with Gasteiger partial charge in [-0.3, -0.25) is 0 Å². The Morgan fingerprint density at radius 1 is 1.29 bits per heavy atom. The lowest BCUT2D eigenvalue weighted by Crippen LogP contribution is -2.29. The van der Waals surface area contributed by atoms with Gasteiger partial charge in [-0.2, -0.15) is 4.31 Å². The number of hydrogen-bond acceptors (Lipinski definition) is 3. The van der Waals surface area contributed by atoms with Crippen LogP contribution in [-0.4, -0.2) is 42.4 Å². The van der Waals surface area contributed by atoms with Crippen LogP contribution < -0.4 is 0 Å². The zero-order valence-electron chi connectivity index (χ0n) is 9.38. The molecule has 0 spiro atoms. The van der Waals surface area contributed by atoms with Crippen LogP contribution >= 0.6 is 11.6 Å². The molecule has 0 aromatic heterocycles. The van der Waals surface area contributed by atoms with Crippen LogP contribution in [0.25, 0.3) is 0 Å². The second kappa shape index (κ2) is 4.57. The van der Waals surface area contributed by atoms with E-state index in [1.807, 2.05) is 6.92 Å². The van der Waals surface area contributed by atoms with Crippen LogP contribution in [0.4, 0.5) is 0 Å². The van der Waals surface area contributed by atoms with Crippen molar-refractivity contribution < 1.29 is 13.5 Å². The van der Waals surface area contributed by atoms with Crippen molar-refractivity contribution in [2.75, 3.05) is 13.1 Å². The second-order valence-corrected chi connectivity index (χ2v) is 6.72. The maximum Gasteiger partial charge on any atom is 0.243 e. The van der Waals surface area contributed by atoms with E-state index >= 15 is 0 Å². The van der Waals surface area contributed by atoms with Crippen LogP contribution in [0.1, 0.15) is 5.56 Å². The minimum atomic E-state index is -3.53. The monoisotopic (exact) mass is 275 g/mol. The molecule has 17 heavy (non-hydrogen) atoms. The van der Waals surface area contributed by atoms with Gasteiger partial charge in [0.15, 0.2) is 0 Å². The molecule has 94 valence electrons. The highest BCUT2D eigenvalue weighted by Gasteiger charge is 2.37. The third-order valence-corrected chi connectivity index (χ3v) is 5.12. The molecule has 0 aliphatic carbocycles. The first-order chi connectivity index (χ1) is 7.91. The zero-order chi connectivity index (χ0) is 12.6. The van der Waals surface area contributed by atoms with Crippen LogP contribution in [0.3, 0.4) is 0 Å². The van der Waals surface area contributed by atoms with Crippen molar-refractivity contribution >= 4 is 21.6 Å². The fraction of sp³-hybridized carbons (Fsp3) is 0.455. The van der Waals surface area contributed by atoms with Gasteiger partial charge in [-0.25, -0.2) is 8.42 Å². The highest BCUT2D eigenvalue weighted by molar-refractivity contribution is 7.89. The van der Waals surface area contributed by atoms with Gasteiger partial charge in [0, 0.05) is 13.1 Å². The van der Waals surface area contributed by atoms with Gasteiger partial charge in [0.05, 0.1) is 16.4 Å². The summed E-state index contributed by atoms with van der Waals surface area (Å²) in [5.74, 6) is 0. The van der Waals surface area contributed by atoms with Crippen molar-refractivity contribution in [3.05, 3.63) is 29.8 Å². The Balaban J connectivity index is 2.28. The zero-order valence-corrected chi connectivity index (χ0v) is 10.9. The number of rotatable bonds is 2. The highest BCUT2D eigenvalue weighted by atomic mass is 35.5. The normalized spacial score (nSPS) is 26.3. The van der Waals surface area contributed by atoms with E-state index in [0.717, 1.165) is 5.56 Å². The fourth-order valence-electron chi connectivity index (χ4n) is 1.77. The number of nitrogens with zero attached hydrogens (tertiary/aromatic N) is 1.